The van der Waals surface area contributed by atoms with E-state index in [4.69, 9.17) is 4.42 Å². The van der Waals surface area contributed by atoms with Crippen molar-refractivity contribution in [2.24, 2.45) is 0 Å². The summed E-state index contributed by atoms with van der Waals surface area (Å²) in [7, 11) is 0. The van der Waals surface area contributed by atoms with Crippen molar-refractivity contribution in [1.29, 1.82) is 0 Å². The first-order valence-electron chi connectivity index (χ1n) is 9.46. The number of para-hydroxylation sites is 1. The number of imide groups is 1. The van der Waals surface area contributed by atoms with Gasteiger partial charge in [-0.2, -0.15) is 0 Å². The Morgan fingerprint density at radius 2 is 1.87 bits per heavy atom. The van der Waals surface area contributed by atoms with Crippen LogP contribution in [0.4, 0.5) is 10.5 Å². The van der Waals surface area contributed by atoms with E-state index >= 15 is 0 Å². The van der Waals surface area contributed by atoms with Crippen LogP contribution in [0.1, 0.15) is 16.7 Å². The molecular formula is C23H18N2O5S. The Kier molecular flexibility index (Phi) is 5.48. The van der Waals surface area contributed by atoms with Crippen LogP contribution in [0, 0.1) is 13.8 Å². The highest BCUT2D eigenvalue weighted by Gasteiger charge is 2.36. The minimum absolute atomic E-state index is 0.0616. The molecule has 1 aliphatic heterocycles. The topological polar surface area (TPSA) is 96.7 Å². The second-order valence-corrected chi connectivity index (χ2v) is 8.12. The van der Waals surface area contributed by atoms with Crippen LogP contribution in [0.25, 0.3) is 17.0 Å². The Morgan fingerprint density at radius 1 is 1.10 bits per heavy atom. The van der Waals surface area contributed by atoms with Crippen molar-refractivity contribution in [1.82, 2.24) is 4.90 Å². The lowest BCUT2D eigenvalue weighted by Gasteiger charge is -2.13. The zero-order valence-electron chi connectivity index (χ0n) is 16.8. The van der Waals surface area contributed by atoms with Gasteiger partial charge >= 0.3 is 0 Å². The molecule has 0 spiro atoms. The lowest BCUT2D eigenvalue weighted by atomic mass is 10.1. The van der Waals surface area contributed by atoms with Gasteiger partial charge in [-0.05, 0) is 67.1 Å². The predicted molar refractivity (Wildman–Crippen MR) is 120 cm³/mol. The van der Waals surface area contributed by atoms with Crippen LogP contribution >= 0.6 is 11.8 Å². The number of anilines is 1. The maximum atomic E-state index is 12.7. The molecule has 0 atom stereocenters. The van der Waals surface area contributed by atoms with E-state index in [9.17, 15) is 19.2 Å². The van der Waals surface area contributed by atoms with Crippen LogP contribution in [-0.4, -0.2) is 28.5 Å². The SMILES string of the molecule is Cc1ccc(NC(=O)CN2C(=O)S/C(=C\c3coc4ccccc4c3=O)C2=O)cc1C. The number of thioether (sulfide) groups is 1. The average molecular weight is 434 g/mol. The summed E-state index contributed by atoms with van der Waals surface area (Å²) < 4.78 is 5.44. The van der Waals surface area contributed by atoms with Crippen LogP contribution in [0.3, 0.4) is 0 Å². The summed E-state index contributed by atoms with van der Waals surface area (Å²) in [6.45, 7) is 3.47. The number of carbonyl (C=O) groups excluding carboxylic acids is 3. The Labute approximate surface area is 181 Å². The molecule has 1 saturated heterocycles. The fraction of sp³-hybridized carbons (Fsp3) is 0.130. The van der Waals surface area contributed by atoms with Crippen molar-refractivity contribution >= 4 is 51.5 Å². The number of hydrogen-bond donors (Lipinski definition) is 1. The molecule has 2 aromatic carbocycles. The molecule has 0 aliphatic carbocycles. The summed E-state index contributed by atoms with van der Waals surface area (Å²) >= 11 is 0.681. The van der Waals surface area contributed by atoms with E-state index in [2.05, 4.69) is 5.32 Å². The molecule has 31 heavy (non-hydrogen) atoms. The Bertz CT molecular complexity index is 1330. The van der Waals surface area contributed by atoms with E-state index in [1.165, 1.54) is 12.3 Å². The van der Waals surface area contributed by atoms with Gasteiger partial charge in [0.2, 0.25) is 5.91 Å². The molecule has 0 unspecified atom stereocenters. The van der Waals surface area contributed by atoms with Gasteiger partial charge in [0.25, 0.3) is 11.1 Å². The molecule has 1 aromatic heterocycles. The third-order valence-electron chi connectivity index (χ3n) is 4.96. The van der Waals surface area contributed by atoms with Crippen molar-refractivity contribution in [3.63, 3.8) is 0 Å². The summed E-state index contributed by atoms with van der Waals surface area (Å²) in [6, 6.07) is 12.2. The van der Waals surface area contributed by atoms with Gasteiger partial charge in [-0.15, -0.1) is 0 Å². The molecule has 156 valence electrons. The number of nitrogens with one attached hydrogen (secondary N) is 1. The van der Waals surface area contributed by atoms with Gasteiger partial charge in [-0.25, -0.2) is 0 Å². The van der Waals surface area contributed by atoms with E-state index in [0.717, 1.165) is 16.0 Å². The Hall–Kier alpha value is -3.65. The third kappa shape index (κ3) is 4.15. The molecule has 0 radical (unpaired) electrons. The molecule has 1 N–H and O–H groups in total. The summed E-state index contributed by atoms with van der Waals surface area (Å²) in [4.78, 5) is 50.9. The zero-order valence-corrected chi connectivity index (χ0v) is 17.6. The van der Waals surface area contributed by atoms with Gasteiger partial charge < -0.3 is 9.73 Å². The van der Waals surface area contributed by atoms with E-state index in [1.54, 1.807) is 30.3 Å². The number of nitrogens with zero attached hydrogens (tertiary/aromatic N) is 1. The predicted octanol–water partition coefficient (Wildman–Crippen LogP) is 4.08. The Morgan fingerprint density at radius 3 is 2.65 bits per heavy atom. The van der Waals surface area contributed by atoms with E-state index in [0.29, 0.717) is 28.4 Å². The van der Waals surface area contributed by atoms with Gasteiger partial charge in [0.05, 0.1) is 15.9 Å². The van der Waals surface area contributed by atoms with Gasteiger partial charge in [0, 0.05) is 5.69 Å². The molecule has 0 saturated carbocycles. The maximum absolute atomic E-state index is 12.7. The summed E-state index contributed by atoms with van der Waals surface area (Å²) in [5.41, 5.74) is 2.98. The number of carbonyl (C=O) groups is 3. The minimum Gasteiger partial charge on any atom is -0.463 e. The summed E-state index contributed by atoms with van der Waals surface area (Å²) in [5.74, 6) is -1.12. The smallest absolute Gasteiger partial charge is 0.294 e. The normalized spacial score (nSPS) is 15.2. The third-order valence-corrected chi connectivity index (χ3v) is 5.87. The van der Waals surface area contributed by atoms with Crippen LogP contribution in [-0.2, 0) is 9.59 Å². The molecule has 2 heterocycles. The molecule has 3 amide bonds. The van der Waals surface area contributed by atoms with Crippen molar-refractivity contribution in [2.75, 3.05) is 11.9 Å². The van der Waals surface area contributed by atoms with Crippen molar-refractivity contribution < 1.29 is 18.8 Å². The molecule has 7 nitrogen and oxygen atoms in total. The lowest BCUT2D eigenvalue weighted by Crippen LogP contribution is -2.36. The fourth-order valence-electron chi connectivity index (χ4n) is 3.13. The molecule has 0 bridgehead atoms. The van der Waals surface area contributed by atoms with Gasteiger partial charge in [0.1, 0.15) is 18.4 Å². The largest absolute Gasteiger partial charge is 0.463 e. The maximum Gasteiger partial charge on any atom is 0.294 e. The van der Waals surface area contributed by atoms with Crippen LogP contribution in [0.2, 0.25) is 0 Å². The van der Waals surface area contributed by atoms with Crippen molar-refractivity contribution in [2.45, 2.75) is 13.8 Å². The van der Waals surface area contributed by atoms with Crippen LogP contribution < -0.4 is 10.7 Å². The summed E-state index contributed by atoms with van der Waals surface area (Å²) in [5, 5.41) is 2.50. The minimum atomic E-state index is -0.627. The monoisotopic (exact) mass is 434 g/mol. The van der Waals surface area contributed by atoms with Gasteiger partial charge in [0.15, 0.2) is 5.43 Å². The highest BCUT2D eigenvalue weighted by Crippen LogP contribution is 2.32. The highest BCUT2D eigenvalue weighted by atomic mass is 32.2. The molecule has 3 aromatic rings. The lowest BCUT2D eigenvalue weighted by molar-refractivity contribution is -0.127. The first-order chi connectivity index (χ1) is 14.8. The highest BCUT2D eigenvalue weighted by molar-refractivity contribution is 8.18. The number of rotatable bonds is 4. The van der Waals surface area contributed by atoms with Gasteiger partial charge in [-0.1, -0.05) is 18.2 Å². The van der Waals surface area contributed by atoms with Crippen LogP contribution in [0.5, 0.6) is 0 Å². The standard InChI is InChI=1S/C23H18N2O5S/c1-13-7-8-16(9-14(13)2)24-20(26)11-25-22(28)19(31-23(25)29)10-15-12-30-18-6-4-3-5-17(18)21(15)27/h3-10,12H,11H2,1-2H3,(H,24,26)/b19-10-. The second-order valence-electron chi connectivity index (χ2n) is 7.13. The number of aryl methyl sites for hydroxylation is 2. The van der Waals surface area contributed by atoms with Crippen LogP contribution in [0.15, 0.2) is 62.8 Å². The number of hydrogen-bond acceptors (Lipinski definition) is 6. The first kappa shape index (κ1) is 20.6. The Balaban J connectivity index is 1.52. The first-order valence-corrected chi connectivity index (χ1v) is 10.3. The van der Waals surface area contributed by atoms with E-state index in [-0.39, 0.29) is 15.9 Å². The number of amides is 3. The molecule has 1 aliphatic rings. The fourth-order valence-corrected chi connectivity index (χ4v) is 3.96. The quantitative estimate of drug-likeness (QED) is 0.622. The van der Waals surface area contributed by atoms with Crippen molar-refractivity contribution in [3.8, 4) is 0 Å². The van der Waals surface area contributed by atoms with Crippen molar-refractivity contribution in [3.05, 3.63) is 80.5 Å². The number of benzene rings is 2. The second kappa shape index (κ2) is 8.23. The van der Waals surface area contributed by atoms with Gasteiger partial charge in [-0.3, -0.25) is 24.1 Å². The average Bonchev–Trinajstić information content (AvgIpc) is 3.00. The molecule has 1 fully saturated rings. The van der Waals surface area contributed by atoms with E-state index in [1.807, 2.05) is 26.0 Å². The molecule has 8 heteroatoms. The van der Waals surface area contributed by atoms with E-state index < -0.39 is 23.6 Å². The molecular weight excluding hydrogens is 416 g/mol. The summed E-state index contributed by atoms with van der Waals surface area (Å²) in [6.07, 6.45) is 2.58. The number of fused-ring (bicyclic) bond motifs is 1. The molecule has 4 rings (SSSR count). The zero-order chi connectivity index (χ0) is 22.1.